The van der Waals surface area contributed by atoms with Crippen molar-refractivity contribution in [1.29, 1.82) is 5.26 Å². The molecule has 322 valence electrons. The molecule has 0 saturated carbocycles. The molecule has 10 aromatic carbocycles. The summed E-state index contributed by atoms with van der Waals surface area (Å²) in [5, 5.41) is 6.03. The highest BCUT2D eigenvalue weighted by atomic mass is 16.3. The lowest BCUT2D eigenvalue weighted by Gasteiger charge is -2.22. The van der Waals surface area contributed by atoms with E-state index in [2.05, 4.69) is 4.85 Å². The summed E-state index contributed by atoms with van der Waals surface area (Å²) in [5.74, 6) is 0. The van der Waals surface area contributed by atoms with Crippen molar-refractivity contribution in [3.05, 3.63) is 204 Å². The summed E-state index contributed by atoms with van der Waals surface area (Å²) in [5.41, 5.74) is -12.1. The van der Waals surface area contributed by atoms with Gasteiger partial charge in [0, 0.05) is 48.5 Å². The van der Waals surface area contributed by atoms with Gasteiger partial charge in [-0.15, -0.1) is 0 Å². The molecule has 0 fully saturated rings. The van der Waals surface area contributed by atoms with E-state index >= 15 is 0 Å². The van der Waals surface area contributed by atoms with E-state index in [0.717, 1.165) is 19.8 Å². The zero-order valence-electron chi connectivity index (χ0n) is 64.5. The highest BCUT2D eigenvalue weighted by Gasteiger charge is 2.30. The van der Waals surface area contributed by atoms with Gasteiger partial charge in [0.25, 0.3) is 0 Å². The van der Waals surface area contributed by atoms with Crippen molar-refractivity contribution in [2.45, 2.75) is 0 Å². The lowest BCUT2D eigenvalue weighted by Crippen LogP contribution is -2.08. The van der Waals surface area contributed by atoms with Gasteiger partial charge >= 0.3 is 0 Å². The Kier molecular flexibility index (Phi) is 3.60. The minimum Gasteiger partial charge on any atom is -0.455 e. The normalized spacial score (nSPS) is 18.3. The second-order valence-electron chi connectivity index (χ2n) is 15.8. The standard InChI is InChI=1S/C62H31N5O3/c1-64-58-43(33-63)50(65-44-20-8-2-17-40(44)55-47(65)29-26-37-34-14-5-11-23-52(34)68-60(37)55)32-51(66-45-21-9-3-18-41(45)56-48(66)30-27-38-35-15-6-12-24-53(35)69-61(38)56)59(58)67-46-22-10-4-19-42(46)57-49(67)31-28-39-36-16-7-13-25-54(36)70-62(39)57/h2-32H/i2D,3D,4D,5D,6D,7D,8D,9D,10D,11D,12D,13D,14D,15D,16D,17D,18D,19D,20D,21D,22D,23D,24D,25D,26D,27D,28D,29D,30D,31D. The first-order chi connectivity index (χ1) is 47.2. The molecule has 0 aliphatic heterocycles. The van der Waals surface area contributed by atoms with Crippen LogP contribution in [-0.2, 0) is 0 Å². The van der Waals surface area contributed by atoms with Gasteiger partial charge in [-0.25, -0.2) is 4.85 Å². The lowest BCUT2D eigenvalue weighted by atomic mass is 10.1. The Labute approximate surface area is 437 Å². The molecule has 16 aromatic rings. The second-order valence-corrected chi connectivity index (χ2v) is 15.8. The van der Waals surface area contributed by atoms with Crippen molar-refractivity contribution in [3.63, 3.8) is 0 Å². The molecule has 0 atom stereocenters. The van der Waals surface area contributed by atoms with Crippen LogP contribution in [0.5, 0.6) is 0 Å². The van der Waals surface area contributed by atoms with Crippen molar-refractivity contribution in [2.24, 2.45) is 0 Å². The molecule has 0 bridgehead atoms. The molecule has 6 heterocycles. The quantitative estimate of drug-likeness (QED) is 0.165. The largest absolute Gasteiger partial charge is 0.455 e. The average molecular weight is 924 g/mol. The molecule has 0 aliphatic carbocycles. The number of benzene rings is 10. The van der Waals surface area contributed by atoms with Gasteiger partial charge in [-0.3, -0.25) is 0 Å². The van der Waals surface area contributed by atoms with Crippen LogP contribution in [0.3, 0.4) is 0 Å². The number of fused-ring (bicyclic) bond motifs is 21. The molecule has 70 heavy (non-hydrogen) atoms. The van der Waals surface area contributed by atoms with Gasteiger partial charge in [0.2, 0.25) is 5.69 Å². The molecular weight excluding hydrogens is 863 g/mol. The minimum atomic E-state index is -1.03. The van der Waals surface area contributed by atoms with Gasteiger partial charge in [-0.1, -0.05) is 109 Å². The summed E-state index contributed by atoms with van der Waals surface area (Å²) in [4.78, 5) is 3.91. The van der Waals surface area contributed by atoms with Crippen molar-refractivity contribution >= 4 is 137 Å². The zero-order chi connectivity index (χ0) is 72.0. The van der Waals surface area contributed by atoms with Gasteiger partial charge in [-0.05, 0) is 78.6 Å². The Balaban J connectivity index is 1.24. The summed E-state index contributed by atoms with van der Waals surface area (Å²) in [6.07, 6.45) is 0. The second kappa shape index (κ2) is 13.3. The highest BCUT2D eigenvalue weighted by molar-refractivity contribution is 6.27. The van der Waals surface area contributed by atoms with Gasteiger partial charge in [-0.2, -0.15) is 5.26 Å². The van der Waals surface area contributed by atoms with Crippen LogP contribution >= 0.6 is 0 Å². The fourth-order valence-corrected chi connectivity index (χ4v) is 9.84. The number of furan rings is 3. The number of para-hydroxylation sites is 6. The number of nitriles is 1. The first kappa shape index (κ1) is 18.9. The van der Waals surface area contributed by atoms with Crippen LogP contribution in [-0.4, -0.2) is 13.7 Å². The molecule has 0 aliphatic rings. The van der Waals surface area contributed by atoms with E-state index in [0.29, 0.717) is 0 Å². The predicted molar refractivity (Wildman–Crippen MR) is 282 cm³/mol. The van der Waals surface area contributed by atoms with Crippen LogP contribution in [0, 0.1) is 17.9 Å². The van der Waals surface area contributed by atoms with E-state index in [1.54, 1.807) is 0 Å². The van der Waals surface area contributed by atoms with Crippen molar-refractivity contribution in [3.8, 4) is 23.1 Å². The maximum absolute atomic E-state index is 12.1. The third kappa shape index (κ3) is 4.57. The molecule has 0 radical (unpaired) electrons. The fraction of sp³-hybridized carbons (Fsp3) is 0. The molecule has 0 unspecified atom stereocenters. The summed E-state index contributed by atoms with van der Waals surface area (Å²) >= 11 is 0. The van der Waals surface area contributed by atoms with Crippen LogP contribution in [0.25, 0.3) is 153 Å². The summed E-state index contributed by atoms with van der Waals surface area (Å²) in [6, 6.07) is -23.6. The van der Waals surface area contributed by atoms with Crippen LogP contribution in [0.15, 0.2) is 201 Å². The third-order valence-electron chi connectivity index (χ3n) is 12.6. The SMILES string of the molecule is [2H]c1c([2H])c([2H])c2c(oc3c2c([2H])c([2H])c2c3c3c([2H])c([2H])c([2H])c([2H])c3n2-c2cc(-n3c4c([2H])c([2H])c([2H])c([2H])c4c4c5oc6c([2H])c([2H])c([2H])c([2H])c6c5c([2H])c([2H])c43)c(-n3c4c([2H])c([2H])c([2H])c([2H])c4c4c5oc6c([2H])c([2H])c([2H])c([2H])c6c5c([2H])c([2H])c43)c([N+]#[C-])c2C#N)c1[2H]. The van der Waals surface area contributed by atoms with Gasteiger partial charge in [0.1, 0.15) is 33.5 Å². The highest BCUT2D eigenvalue weighted by Crippen LogP contribution is 2.50. The first-order valence-corrected chi connectivity index (χ1v) is 20.7. The predicted octanol–water partition coefficient (Wildman–Crippen LogP) is 17.1. The van der Waals surface area contributed by atoms with Gasteiger partial charge in [0.05, 0.1) is 126 Å². The van der Waals surface area contributed by atoms with Crippen molar-refractivity contribution < 1.29 is 54.4 Å². The maximum Gasteiger partial charge on any atom is 0.232 e. The van der Waals surface area contributed by atoms with Crippen LogP contribution in [0.2, 0.25) is 0 Å². The Morgan fingerprint density at radius 3 is 1.17 bits per heavy atom. The molecule has 16 rings (SSSR count). The third-order valence-corrected chi connectivity index (χ3v) is 12.6. The summed E-state index contributed by atoms with van der Waals surface area (Å²) < 4.78 is 300. The minimum absolute atomic E-state index is 0.424. The number of nitrogens with zero attached hydrogens (tertiary/aromatic N) is 5. The first-order valence-electron chi connectivity index (χ1n) is 35.7. The van der Waals surface area contributed by atoms with E-state index in [9.17, 15) is 31.0 Å². The van der Waals surface area contributed by atoms with Crippen molar-refractivity contribution in [1.82, 2.24) is 13.7 Å². The van der Waals surface area contributed by atoms with Crippen molar-refractivity contribution in [2.75, 3.05) is 0 Å². The Morgan fingerprint density at radius 2 is 0.757 bits per heavy atom. The van der Waals surface area contributed by atoms with E-state index in [1.165, 1.54) is 0 Å². The van der Waals surface area contributed by atoms with E-state index < -0.39 is 341 Å². The van der Waals surface area contributed by atoms with E-state index in [4.69, 9.17) is 35.2 Å². The monoisotopic (exact) mass is 923 g/mol. The molecule has 0 amide bonds. The molecular formula is C62H31N5O3. The fourth-order valence-electron chi connectivity index (χ4n) is 9.84. The summed E-state index contributed by atoms with van der Waals surface area (Å²) in [7, 11) is 0. The Hall–Kier alpha value is -10.0. The molecule has 0 saturated heterocycles. The molecule has 0 N–H and O–H groups in total. The number of hydrogen-bond donors (Lipinski definition) is 0. The number of rotatable bonds is 3. The van der Waals surface area contributed by atoms with Crippen LogP contribution < -0.4 is 0 Å². The molecule has 0 spiro atoms. The molecule has 8 heteroatoms. The van der Waals surface area contributed by atoms with Crippen LogP contribution in [0.1, 0.15) is 46.7 Å². The van der Waals surface area contributed by atoms with Crippen LogP contribution in [0.4, 0.5) is 5.69 Å². The maximum atomic E-state index is 12.1. The van der Waals surface area contributed by atoms with Gasteiger partial charge in [0.15, 0.2) is 0 Å². The van der Waals surface area contributed by atoms with E-state index in [1.807, 2.05) is 6.07 Å². The zero-order valence-corrected chi connectivity index (χ0v) is 34.5. The van der Waals surface area contributed by atoms with E-state index in [-0.39, 0.29) is 0 Å². The Bertz CT molecular complexity index is 6940. The molecule has 6 aromatic heterocycles. The average Bonchev–Trinajstić information content (AvgIpc) is 1.52. The lowest BCUT2D eigenvalue weighted by molar-refractivity contribution is 0.672. The number of aromatic nitrogens is 3. The summed E-state index contributed by atoms with van der Waals surface area (Å²) in [6.45, 7) is 9.39. The Morgan fingerprint density at radius 1 is 0.400 bits per heavy atom. The smallest absolute Gasteiger partial charge is 0.232 e. The topological polar surface area (TPSA) is 82.4 Å². The number of hydrogen-bond acceptors (Lipinski definition) is 4. The van der Waals surface area contributed by atoms with Gasteiger partial charge < -0.3 is 27.0 Å². The molecule has 8 nitrogen and oxygen atoms in total.